The summed E-state index contributed by atoms with van der Waals surface area (Å²) >= 11 is 0. The number of nitrogens with zero attached hydrogens (tertiary/aromatic N) is 2. The maximum atomic E-state index is 12.3. The van der Waals surface area contributed by atoms with Crippen LogP contribution in [0.1, 0.15) is 30.3 Å². The molecule has 0 aliphatic heterocycles. The highest BCUT2D eigenvalue weighted by Gasteiger charge is 2.33. The second-order valence-electron chi connectivity index (χ2n) is 6.49. The summed E-state index contributed by atoms with van der Waals surface area (Å²) in [6, 6.07) is 11.2. The van der Waals surface area contributed by atoms with Crippen LogP contribution in [-0.4, -0.2) is 39.4 Å². The predicted octanol–water partition coefficient (Wildman–Crippen LogP) is 0.959. The molecule has 1 aliphatic rings. The number of rotatable bonds is 6. The summed E-state index contributed by atoms with van der Waals surface area (Å²) in [5, 5.41) is 17.7. The smallest absolute Gasteiger partial charge is 0.290 e. The van der Waals surface area contributed by atoms with Crippen LogP contribution in [0.3, 0.4) is 0 Å². The zero-order valence-corrected chi connectivity index (χ0v) is 14.5. The van der Waals surface area contributed by atoms with E-state index < -0.39 is 6.10 Å². The van der Waals surface area contributed by atoms with Gasteiger partial charge in [0.15, 0.2) is 0 Å². The number of aliphatic hydroxyl groups excluding tert-OH is 1. The van der Waals surface area contributed by atoms with Crippen LogP contribution in [0.4, 0.5) is 0 Å². The predicted molar refractivity (Wildman–Crippen MR) is 96.2 cm³/mol. The van der Waals surface area contributed by atoms with Gasteiger partial charge in [0.25, 0.3) is 5.91 Å². The molecule has 26 heavy (non-hydrogen) atoms. The molecule has 0 spiro atoms. The van der Waals surface area contributed by atoms with Gasteiger partial charge in [-0.2, -0.15) is 0 Å². The van der Waals surface area contributed by atoms with Gasteiger partial charge in [0.05, 0.1) is 11.8 Å². The lowest BCUT2D eigenvalue weighted by atomic mass is 9.86. The van der Waals surface area contributed by atoms with Crippen molar-refractivity contribution in [3.63, 3.8) is 0 Å². The zero-order valence-electron chi connectivity index (χ0n) is 14.5. The number of hydrogen-bond donors (Lipinski definition) is 4. The van der Waals surface area contributed by atoms with Gasteiger partial charge in [0.1, 0.15) is 5.69 Å². The van der Waals surface area contributed by atoms with Crippen molar-refractivity contribution in [1.82, 2.24) is 15.5 Å². The number of amides is 1. The van der Waals surface area contributed by atoms with Gasteiger partial charge in [-0.25, -0.2) is 5.84 Å². The Morgan fingerprint density at radius 3 is 2.77 bits per heavy atom. The van der Waals surface area contributed by atoms with Gasteiger partial charge in [-0.15, -0.1) is 0 Å². The van der Waals surface area contributed by atoms with Crippen LogP contribution in [-0.2, 0) is 0 Å². The minimum Gasteiger partial charge on any atom is -0.399 e. The molecule has 0 radical (unpaired) electrons. The second kappa shape index (κ2) is 7.59. The first-order chi connectivity index (χ1) is 12.4. The fourth-order valence-corrected chi connectivity index (χ4v) is 2.72. The Labute approximate surface area is 151 Å². The van der Waals surface area contributed by atoms with Crippen molar-refractivity contribution in [1.29, 1.82) is 0 Å². The molecule has 6 N–H and O–H groups in total. The van der Waals surface area contributed by atoms with E-state index in [2.05, 4.69) is 10.5 Å². The third kappa shape index (κ3) is 4.04. The molecule has 3 rings (SSSR count). The Kier molecular flexibility index (Phi) is 5.24. The summed E-state index contributed by atoms with van der Waals surface area (Å²) in [6.45, 7) is 1.57. The third-order valence-corrected chi connectivity index (χ3v) is 4.45. The molecule has 1 aliphatic carbocycles. The minimum absolute atomic E-state index is 0.00463. The normalized spacial score (nSPS) is 21.0. The molecule has 8 nitrogen and oxygen atoms in total. The number of hydrogen-bond acceptors (Lipinski definition) is 7. The number of nitrogens with one attached hydrogen (secondary N) is 1. The largest absolute Gasteiger partial charge is 0.399 e. The van der Waals surface area contributed by atoms with E-state index in [1.165, 1.54) is 11.2 Å². The number of benzene rings is 1. The lowest BCUT2D eigenvalue weighted by molar-refractivity contribution is 0.0812. The first-order valence-electron chi connectivity index (χ1n) is 8.45. The molecule has 1 aromatic carbocycles. The van der Waals surface area contributed by atoms with Crippen molar-refractivity contribution >= 4 is 5.91 Å². The van der Waals surface area contributed by atoms with Crippen molar-refractivity contribution in [2.24, 2.45) is 11.6 Å². The Hall–Kier alpha value is -2.84. The Morgan fingerprint density at radius 2 is 2.12 bits per heavy atom. The summed E-state index contributed by atoms with van der Waals surface area (Å²) in [5.74, 6) is 5.79. The Morgan fingerprint density at radius 1 is 1.42 bits per heavy atom. The monoisotopic (exact) mass is 357 g/mol. The fourth-order valence-electron chi connectivity index (χ4n) is 2.72. The number of aromatic nitrogens is 1. The van der Waals surface area contributed by atoms with Gasteiger partial charge in [-0.1, -0.05) is 35.5 Å². The number of carbonyl (C=O) groups is 1. The van der Waals surface area contributed by atoms with E-state index in [1.807, 2.05) is 30.3 Å². The first-order valence-corrected chi connectivity index (χ1v) is 8.45. The maximum Gasteiger partial charge on any atom is 0.290 e. The number of nitrogens with two attached hydrogens (primary N) is 2. The summed E-state index contributed by atoms with van der Waals surface area (Å²) in [6.07, 6.45) is 2.15. The van der Waals surface area contributed by atoms with Crippen LogP contribution in [0, 0.1) is 0 Å². The summed E-state index contributed by atoms with van der Waals surface area (Å²) < 4.78 is 5.15. The zero-order chi connectivity index (χ0) is 18.7. The molecule has 2 aromatic rings. The Bertz CT molecular complexity index is 781. The second-order valence-corrected chi connectivity index (χ2v) is 6.49. The van der Waals surface area contributed by atoms with Gasteiger partial charge in [0, 0.05) is 29.9 Å². The van der Waals surface area contributed by atoms with E-state index in [9.17, 15) is 9.90 Å². The van der Waals surface area contributed by atoms with Gasteiger partial charge in [0.2, 0.25) is 5.76 Å². The van der Waals surface area contributed by atoms with Crippen molar-refractivity contribution < 1.29 is 14.4 Å². The highest BCUT2D eigenvalue weighted by Crippen LogP contribution is 2.25. The van der Waals surface area contributed by atoms with E-state index in [4.69, 9.17) is 16.1 Å². The molecule has 8 heteroatoms. The average molecular weight is 357 g/mol. The maximum absolute atomic E-state index is 12.3. The molecule has 138 valence electrons. The van der Waals surface area contributed by atoms with Gasteiger partial charge >= 0.3 is 0 Å². The van der Waals surface area contributed by atoms with Crippen LogP contribution in [0.2, 0.25) is 0 Å². The van der Waals surface area contributed by atoms with E-state index in [1.54, 1.807) is 13.0 Å². The molecule has 0 unspecified atom stereocenters. The molecular formula is C18H23N5O3. The molecule has 1 atom stereocenters. The molecule has 1 heterocycles. The van der Waals surface area contributed by atoms with E-state index in [-0.39, 0.29) is 23.8 Å². The van der Waals surface area contributed by atoms with Crippen molar-refractivity contribution in [2.45, 2.75) is 38.0 Å². The fraction of sp³-hybridized carbons (Fsp3) is 0.333. The lowest BCUT2D eigenvalue weighted by Gasteiger charge is -2.40. The van der Waals surface area contributed by atoms with Crippen LogP contribution in [0.15, 0.2) is 52.8 Å². The van der Waals surface area contributed by atoms with Gasteiger partial charge < -0.3 is 25.7 Å². The number of aliphatic hydroxyl groups is 1. The van der Waals surface area contributed by atoms with Crippen molar-refractivity contribution in [3.8, 4) is 11.3 Å². The number of carbonyl (C=O) groups excluding carboxylic acids is 1. The van der Waals surface area contributed by atoms with Crippen molar-refractivity contribution in [2.75, 3.05) is 0 Å². The Balaban J connectivity index is 1.52. The van der Waals surface area contributed by atoms with Gasteiger partial charge in [-0.3, -0.25) is 4.79 Å². The van der Waals surface area contributed by atoms with Crippen LogP contribution in [0.5, 0.6) is 0 Å². The summed E-state index contributed by atoms with van der Waals surface area (Å²) in [5.41, 5.74) is 7.49. The third-order valence-electron chi connectivity index (χ3n) is 4.45. The quantitative estimate of drug-likeness (QED) is 0.447. The van der Waals surface area contributed by atoms with Crippen molar-refractivity contribution in [3.05, 3.63) is 54.1 Å². The molecule has 1 saturated carbocycles. The van der Waals surface area contributed by atoms with E-state index in [0.29, 0.717) is 24.2 Å². The minimum atomic E-state index is -0.748. The van der Waals surface area contributed by atoms with E-state index >= 15 is 0 Å². The van der Waals surface area contributed by atoms with Crippen LogP contribution in [0.25, 0.3) is 11.3 Å². The van der Waals surface area contributed by atoms with Crippen LogP contribution < -0.4 is 16.9 Å². The highest BCUT2D eigenvalue weighted by molar-refractivity contribution is 5.92. The molecule has 0 bridgehead atoms. The summed E-state index contributed by atoms with van der Waals surface area (Å²) in [4.78, 5) is 12.3. The van der Waals surface area contributed by atoms with Crippen LogP contribution >= 0.6 is 0 Å². The lowest BCUT2D eigenvalue weighted by Crippen LogP contribution is -2.54. The average Bonchev–Trinajstić information content (AvgIpc) is 3.08. The highest BCUT2D eigenvalue weighted by atomic mass is 16.5. The SMILES string of the molecule is C[C@@H](O)/C(N)=C/N(N)[C@H]1C[C@@H](NC(=O)c2cc(-c3ccccc3)no2)C1. The molecule has 1 fully saturated rings. The molecular weight excluding hydrogens is 334 g/mol. The molecule has 0 saturated heterocycles. The van der Waals surface area contributed by atoms with E-state index in [0.717, 1.165) is 5.56 Å². The first kappa shape index (κ1) is 18.0. The summed E-state index contributed by atoms with van der Waals surface area (Å²) in [7, 11) is 0. The number of hydrazine groups is 1. The standard InChI is InChI=1S/C18H23N5O3/c1-11(24)15(19)10-23(20)14-7-13(8-14)21-18(25)17-9-16(22-26-17)12-5-3-2-4-6-12/h2-6,9-11,13-14,24H,7-8,19-20H2,1H3,(H,21,25)/b15-10-/t11-,13-,14+/m1/s1. The topological polar surface area (TPSA) is 131 Å². The molecule has 1 aromatic heterocycles. The molecule has 1 amide bonds. The van der Waals surface area contributed by atoms with Gasteiger partial charge in [-0.05, 0) is 19.8 Å².